The van der Waals surface area contributed by atoms with Crippen LogP contribution >= 0.6 is 15.9 Å². The molecule has 0 N–H and O–H groups in total. The molecule has 0 saturated heterocycles. The van der Waals surface area contributed by atoms with Gasteiger partial charge in [0.05, 0.1) is 25.2 Å². The first-order valence-corrected chi connectivity index (χ1v) is 7.15. The highest BCUT2D eigenvalue weighted by molar-refractivity contribution is 9.09. The van der Waals surface area contributed by atoms with Crippen molar-refractivity contribution in [3.05, 3.63) is 27.8 Å². The molecule has 1 unspecified atom stereocenters. The number of hydrogen-bond acceptors (Lipinski definition) is 4. The molecule has 0 aliphatic rings. The predicted octanol–water partition coefficient (Wildman–Crippen LogP) is 3.96. The minimum atomic E-state index is -0.389. The smallest absolute Gasteiger partial charge is 0.276 e. The second kappa shape index (κ2) is 6.43. The Labute approximate surface area is 127 Å². The zero-order valence-corrected chi connectivity index (χ0v) is 14.0. The highest BCUT2D eigenvalue weighted by atomic mass is 79.9. The quantitative estimate of drug-likeness (QED) is 0.460. The predicted molar refractivity (Wildman–Crippen MR) is 82.1 cm³/mol. The number of ether oxygens (including phenoxy) is 2. The van der Waals surface area contributed by atoms with E-state index in [-0.39, 0.29) is 20.9 Å². The Morgan fingerprint density at radius 1 is 1.25 bits per heavy atom. The molecule has 1 atom stereocenters. The number of nitrogens with zero attached hydrogens (tertiary/aromatic N) is 1. The first-order chi connectivity index (χ1) is 9.20. The summed E-state index contributed by atoms with van der Waals surface area (Å²) >= 11 is 3.61. The largest absolute Gasteiger partial charge is 0.493 e. The lowest BCUT2D eigenvalue weighted by molar-refractivity contribution is -0.385. The number of methoxy groups -OCH3 is 2. The molecule has 0 amide bonds. The summed E-state index contributed by atoms with van der Waals surface area (Å²) in [4.78, 5) is 10.9. The third-order valence-corrected chi connectivity index (χ3v) is 4.82. The van der Waals surface area contributed by atoms with Crippen LogP contribution in [0.3, 0.4) is 0 Å². The third kappa shape index (κ3) is 3.85. The van der Waals surface area contributed by atoms with Gasteiger partial charge in [0.2, 0.25) is 0 Å². The molecule has 0 aliphatic carbocycles. The molecule has 0 radical (unpaired) electrons. The number of alkyl halides is 1. The summed E-state index contributed by atoms with van der Waals surface area (Å²) < 4.78 is 10.3. The minimum absolute atomic E-state index is 0.00102. The number of halogens is 1. The SMILES string of the molecule is COc1cc(CC(Br)C(C)(C)C)c([N+](=O)[O-])cc1OC. The lowest BCUT2D eigenvalue weighted by atomic mass is 9.88. The van der Waals surface area contributed by atoms with Crippen molar-refractivity contribution in [1.29, 1.82) is 0 Å². The van der Waals surface area contributed by atoms with Crippen LogP contribution in [-0.4, -0.2) is 24.0 Å². The topological polar surface area (TPSA) is 61.6 Å². The molecule has 20 heavy (non-hydrogen) atoms. The first kappa shape index (κ1) is 16.8. The highest BCUT2D eigenvalue weighted by Crippen LogP contribution is 2.38. The lowest BCUT2D eigenvalue weighted by Crippen LogP contribution is -2.22. The van der Waals surface area contributed by atoms with Crippen molar-refractivity contribution in [2.75, 3.05) is 14.2 Å². The molecule has 6 heteroatoms. The molecule has 112 valence electrons. The summed E-state index contributed by atoms with van der Waals surface area (Å²) in [5.74, 6) is 0.867. The van der Waals surface area contributed by atoms with Gasteiger partial charge in [-0.15, -0.1) is 0 Å². The van der Waals surface area contributed by atoms with Crippen molar-refractivity contribution >= 4 is 21.6 Å². The first-order valence-electron chi connectivity index (χ1n) is 6.24. The zero-order valence-electron chi connectivity index (χ0n) is 12.4. The molecule has 0 heterocycles. The molecular formula is C14H20BrNO4. The fraction of sp³-hybridized carbons (Fsp3) is 0.571. The molecule has 0 bridgehead atoms. The van der Waals surface area contributed by atoms with Crippen LogP contribution in [0.1, 0.15) is 26.3 Å². The van der Waals surface area contributed by atoms with E-state index >= 15 is 0 Å². The lowest BCUT2D eigenvalue weighted by Gasteiger charge is -2.25. The summed E-state index contributed by atoms with van der Waals surface area (Å²) in [6, 6.07) is 3.09. The maximum atomic E-state index is 11.2. The summed E-state index contributed by atoms with van der Waals surface area (Å²) in [7, 11) is 2.98. The molecule has 0 aromatic heterocycles. The molecule has 5 nitrogen and oxygen atoms in total. The second-order valence-corrected chi connectivity index (χ2v) is 6.74. The Kier molecular flexibility index (Phi) is 5.39. The van der Waals surface area contributed by atoms with E-state index < -0.39 is 0 Å². The Morgan fingerprint density at radius 2 is 1.75 bits per heavy atom. The number of nitro benzene ring substituents is 1. The van der Waals surface area contributed by atoms with Gasteiger partial charge in [-0.3, -0.25) is 10.1 Å². The normalized spacial score (nSPS) is 12.9. The summed E-state index contributed by atoms with van der Waals surface area (Å²) in [6.45, 7) is 6.25. The van der Waals surface area contributed by atoms with E-state index in [9.17, 15) is 10.1 Å². The Morgan fingerprint density at radius 3 is 2.15 bits per heavy atom. The maximum absolute atomic E-state index is 11.2. The second-order valence-electron chi connectivity index (χ2n) is 5.63. The number of rotatable bonds is 5. The van der Waals surface area contributed by atoms with Gasteiger partial charge >= 0.3 is 0 Å². The van der Waals surface area contributed by atoms with Crippen LogP contribution in [0.4, 0.5) is 5.69 Å². The number of benzene rings is 1. The average Bonchev–Trinajstić information content (AvgIpc) is 2.36. The maximum Gasteiger partial charge on any atom is 0.276 e. The fourth-order valence-corrected chi connectivity index (χ4v) is 2.09. The molecule has 1 aromatic rings. The monoisotopic (exact) mass is 345 g/mol. The highest BCUT2D eigenvalue weighted by Gasteiger charge is 2.27. The molecule has 1 rings (SSSR count). The molecule has 1 aromatic carbocycles. The van der Waals surface area contributed by atoms with E-state index in [0.29, 0.717) is 23.5 Å². The number of hydrogen-bond donors (Lipinski definition) is 0. The molecule has 0 fully saturated rings. The average molecular weight is 346 g/mol. The van der Waals surface area contributed by atoms with Crippen molar-refractivity contribution in [2.45, 2.75) is 32.0 Å². The van der Waals surface area contributed by atoms with Gasteiger partial charge in [-0.2, -0.15) is 0 Å². The van der Waals surface area contributed by atoms with Crippen LogP contribution in [0.5, 0.6) is 11.5 Å². The van der Waals surface area contributed by atoms with Crippen molar-refractivity contribution in [3.8, 4) is 11.5 Å². The van der Waals surface area contributed by atoms with E-state index in [1.165, 1.54) is 20.3 Å². The van der Waals surface area contributed by atoms with Gasteiger partial charge in [-0.25, -0.2) is 0 Å². The van der Waals surface area contributed by atoms with Gasteiger partial charge in [0, 0.05) is 10.4 Å². The van der Waals surface area contributed by atoms with Crippen LogP contribution < -0.4 is 9.47 Å². The van der Waals surface area contributed by atoms with Crippen molar-refractivity contribution in [2.24, 2.45) is 5.41 Å². The van der Waals surface area contributed by atoms with E-state index in [1.54, 1.807) is 6.07 Å². The summed E-state index contributed by atoms with van der Waals surface area (Å²) in [6.07, 6.45) is 0.542. The van der Waals surface area contributed by atoms with Gasteiger partial charge in [0.15, 0.2) is 11.5 Å². The Bertz CT molecular complexity index is 497. The van der Waals surface area contributed by atoms with Crippen LogP contribution in [0, 0.1) is 15.5 Å². The zero-order chi connectivity index (χ0) is 15.5. The number of nitro groups is 1. The van der Waals surface area contributed by atoms with Crippen molar-refractivity contribution < 1.29 is 14.4 Å². The van der Waals surface area contributed by atoms with Gasteiger partial charge in [0.1, 0.15) is 0 Å². The van der Waals surface area contributed by atoms with Gasteiger partial charge < -0.3 is 9.47 Å². The van der Waals surface area contributed by atoms with Crippen molar-refractivity contribution in [1.82, 2.24) is 0 Å². The minimum Gasteiger partial charge on any atom is -0.493 e. The van der Waals surface area contributed by atoms with Gasteiger partial charge in [-0.05, 0) is 17.9 Å². The molecule has 0 saturated carbocycles. The van der Waals surface area contributed by atoms with Crippen LogP contribution in [0.2, 0.25) is 0 Å². The molecule has 0 aliphatic heterocycles. The van der Waals surface area contributed by atoms with Crippen molar-refractivity contribution in [3.63, 3.8) is 0 Å². The van der Waals surface area contributed by atoms with Crippen LogP contribution in [-0.2, 0) is 6.42 Å². The molecule has 0 spiro atoms. The van der Waals surface area contributed by atoms with Crippen LogP contribution in [0.15, 0.2) is 12.1 Å². The fourth-order valence-electron chi connectivity index (χ4n) is 1.74. The third-order valence-electron chi connectivity index (χ3n) is 3.12. The molecular weight excluding hydrogens is 326 g/mol. The summed E-state index contributed by atoms with van der Waals surface area (Å²) in [5.41, 5.74) is 0.682. The summed E-state index contributed by atoms with van der Waals surface area (Å²) in [5, 5.41) is 11.2. The standard InChI is InChI=1S/C14H20BrNO4/c1-14(2,3)13(15)7-9-6-11(19-4)12(20-5)8-10(9)16(17)18/h6,8,13H,7H2,1-5H3. The van der Waals surface area contributed by atoms with E-state index in [0.717, 1.165) is 0 Å². The Balaban J connectivity index is 3.26. The van der Waals surface area contributed by atoms with E-state index in [2.05, 4.69) is 36.7 Å². The van der Waals surface area contributed by atoms with E-state index in [1.807, 2.05) is 0 Å². The Hall–Kier alpha value is -1.30. The van der Waals surface area contributed by atoms with Crippen LogP contribution in [0.25, 0.3) is 0 Å². The van der Waals surface area contributed by atoms with Gasteiger partial charge in [0.25, 0.3) is 5.69 Å². The van der Waals surface area contributed by atoms with E-state index in [4.69, 9.17) is 9.47 Å². The van der Waals surface area contributed by atoms with Gasteiger partial charge in [-0.1, -0.05) is 36.7 Å².